The van der Waals surface area contributed by atoms with Crippen molar-refractivity contribution in [2.24, 2.45) is 5.73 Å². The van der Waals surface area contributed by atoms with Gasteiger partial charge in [-0.3, -0.25) is 14.4 Å². The maximum Gasteiger partial charge on any atom is 0.334 e. The lowest BCUT2D eigenvalue weighted by Crippen LogP contribution is -2.41. The van der Waals surface area contributed by atoms with Gasteiger partial charge in [0.05, 0.1) is 45.3 Å². The highest BCUT2D eigenvalue weighted by atomic mass is 16.7. The summed E-state index contributed by atoms with van der Waals surface area (Å²) < 4.78 is 15.3. The van der Waals surface area contributed by atoms with Gasteiger partial charge in [0.1, 0.15) is 6.61 Å². The molecule has 0 aliphatic carbocycles. The second kappa shape index (κ2) is 24.4. The van der Waals surface area contributed by atoms with E-state index in [1.807, 2.05) is 30.3 Å². The molecule has 0 saturated heterocycles. The third kappa shape index (κ3) is 18.8. The third-order valence-electron chi connectivity index (χ3n) is 6.92. The third-order valence-corrected chi connectivity index (χ3v) is 6.92. The molecule has 12 nitrogen and oxygen atoms in total. The summed E-state index contributed by atoms with van der Waals surface area (Å²) >= 11 is 0. The number of carbonyl (C=O) groups excluding carboxylic acids is 4. The molecule has 2 rings (SSSR count). The van der Waals surface area contributed by atoms with E-state index in [1.54, 1.807) is 7.11 Å². The van der Waals surface area contributed by atoms with Crippen molar-refractivity contribution in [3.63, 3.8) is 0 Å². The number of ether oxygens (including phenoxy) is 3. The lowest BCUT2D eigenvalue weighted by atomic mass is 10.0. The van der Waals surface area contributed by atoms with E-state index in [0.29, 0.717) is 52.2 Å². The van der Waals surface area contributed by atoms with Crippen molar-refractivity contribution < 1.29 is 38.2 Å². The van der Waals surface area contributed by atoms with Gasteiger partial charge < -0.3 is 35.4 Å². The fourth-order valence-electron chi connectivity index (χ4n) is 4.43. The first kappa shape index (κ1) is 38.3. The molecule has 46 heavy (non-hydrogen) atoms. The molecule has 254 valence electrons. The summed E-state index contributed by atoms with van der Waals surface area (Å²) in [5.74, 6) is -1.72. The van der Waals surface area contributed by atoms with E-state index in [-0.39, 0.29) is 37.8 Å². The Morgan fingerprint density at radius 3 is 2.22 bits per heavy atom. The van der Waals surface area contributed by atoms with Crippen LogP contribution >= 0.6 is 0 Å². The van der Waals surface area contributed by atoms with Crippen LogP contribution in [0.1, 0.15) is 55.2 Å². The zero-order valence-electron chi connectivity index (χ0n) is 26.9. The standard InChI is InChI=1S/C34H50N4O8/c1-43-20-21-44-22-23-45-26-32(40)36-18-8-7-16-30(35)34(42)37-19-17-33(41)46-38-31(39)25-29-15-9-14-28(24-29)13-6-5-12-27-10-3-2-4-11-27/h2-4,9-11,14-15,24,30H,5-8,12-13,16-23,25-26,35H2,1H3,(H,36,40)(H,37,42)(H,38,39)/t30-/m0/s1. The van der Waals surface area contributed by atoms with E-state index in [2.05, 4.69) is 40.4 Å². The van der Waals surface area contributed by atoms with Crippen molar-refractivity contribution in [1.82, 2.24) is 16.1 Å². The van der Waals surface area contributed by atoms with Gasteiger partial charge in [-0.2, -0.15) is 5.48 Å². The maximum absolute atomic E-state index is 12.3. The molecular weight excluding hydrogens is 592 g/mol. The molecular formula is C34H50N4O8. The van der Waals surface area contributed by atoms with E-state index in [4.69, 9.17) is 24.8 Å². The molecule has 3 amide bonds. The van der Waals surface area contributed by atoms with Crippen LogP contribution in [0.25, 0.3) is 0 Å². The predicted molar refractivity (Wildman–Crippen MR) is 173 cm³/mol. The smallest absolute Gasteiger partial charge is 0.334 e. The van der Waals surface area contributed by atoms with Crippen LogP contribution in [0, 0.1) is 0 Å². The van der Waals surface area contributed by atoms with Gasteiger partial charge in [-0.05, 0) is 61.6 Å². The monoisotopic (exact) mass is 642 g/mol. The molecule has 5 N–H and O–H groups in total. The summed E-state index contributed by atoms with van der Waals surface area (Å²) in [6.07, 6.45) is 5.77. The van der Waals surface area contributed by atoms with Gasteiger partial charge in [0.15, 0.2) is 0 Å². The van der Waals surface area contributed by atoms with Crippen molar-refractivity contribution in [2.45, 2.75) is 63.8 Å². The van der Waals surface area contributed by atoms with Crippen LogP contribution < -0.4 is 21.8 Å². The van der Waals surface area contributed by atoms with Crippen LogP contribution in [0.5, 0.6) is 0 Å². The first-order chi connectivity index (χ1) is 22.4. The Labute approximate surface area is 272 Å². The number of amides is 3. The molecule has 0 heterocycles. The summed E-state index contributed by atoms with van der Waals surface area (Å²) in [6, 6.07) is 17.5. The molecule has 1 atom stereocenters. The van der Waals surface area contributed by atoms with Crippen molar-refractivity contribution >= 4 is 23.7 Å². The van der Waals surface area contributed by atoms with Crippen LogP contribution in [0.15, 0.2) is 54.6 Å². The lowest BCUT2D eigenvalue weighted by Gasteiger charge is -2.12. The van der Waals surface area contributed by atoms with Crippen molar-refractivity contribution in [1.29, 1.82) is 0 Å². The SMILES string of the molecule is COCCOCCOCC(=O)NCCCC[C@H](N)C(=O)NCCC(=O)ONC(=O)Cc1cccc(CCCCc2ccccc2)c1. The summed E-state index contributed by atoms with van der Waals surface area (Å²) in [7, 11) is 1.59. The topological polar surface area (TPSA) is 167 Å². The number of unbranched alkanes of at least 4 members (excludes halogenated alkanes) is 2. The highest BCUT2D eigenvalue weighted by molar-refractivity contribution is 5.82. The number of hydrogen-bond donors (Lipinski definition) is 4. The van der Waals surface area contributed by atoms with Gasteiger partial charge in [-0.15, -0.1) is 0 Å². The number of aryl methyl sites for hydroxylation is 2. The number of hydroxylamine groups is 1. The number of carbonyl (C=O) groups is 4. The van der Waals surface area contributed by atoms with Crippen LogP contribution in [-0.4, -0.2) is 83.0 Å². The lowest BCUT2D eigenvalue weighted by molar-refractivity contribution is -0.158. The zero-order valence-corrected chi connectivity index (χ0v) is 26.9. The number of benzene rings is 2. The number of nitrogens with one attached hydrogen (secondary N) is 3. The molecule has 0 unspecified atom stereocenters. The van der Waals surface area contributed by atoms with Crippen molar-refractivity contribution in [2.75, 3.05) is 53.2 Å². The minimum absolute atomic E-state index is 0.0288. The first-order valence-electron chi connectivity index (χ1n) is 15.9. The quantitative estimate of drug-likeness (QED) is 0.0991. The summed E-state index contributed by atoms with van der Waals surface area (Å²) in [6.45, 7) is 2.12. The van der Waals surface area contributed by atoms with E-state index >= 15 is 0 Å². The Bertz CT molecular complexity index is 1160. The van der Waals surface area contributed by atoms with Gasteiger partial charge in [-0.1, -0.05) is 54.6 Å². The number of nitrogens with two attached hydrogens (primary N) is 1. The largest absolute Gasteiger partial charge is 0.382 e. The average Bonchev–Trinajstić information content (AvgIpc) is 3.05. The summed E-state index contributed by atoms with van der Waals surface area (Å²) in [4.78, 5) is 53.1. The molecule has 0 spiro atoms. The molecule has 2 aromatic carbocycles. The molecule has 2 aromatic rings. The molecule has 0 saturated carbocycles. The number of rotatable bonds is 24. The van der Waals surface area contributed by atoms with Crippen LogP contribution in [0.2, 0.25) is 0 Å². The molecule has 0 aliphatic heterocycles. The van der Waals surface area contributed by atoms with Crippen LogP contribution in [0.3, 0.4) is 0 Å². The van der Waals surface area contributed by atoms with Gasteiger partial charge in [0.25, 0.3) is 5.91 Å². The first-order valence-corrected chi connectivity index (χ1v) is 15.9. The fraction of sp³-hybridized carbons (Fsp3) is 0.529. The van der Waals surface area contributed by atoms with E-state index in [0.717, 1.165) is 36.8 Å². The van der Waals surface area contributed by atoms with Crippen LogP contribution in [0.4, 0.5) is 0 Å². The molecule has 0 aliphatic rings. The Morgan fingerprint density at radius 1 is 0.739 bits per heavy atom. The second-order valence-electron chi connectivity index (χ2n) is 10.8. The normalized spacial score (nSPS) is 11.4. The average molecular weight is 643 g/mol. The van der Waals surface area contributed by atoms with Crippen molar-refractivity contribution in [3.05, 3.63) is 71.3 Å². The second-order valence-corrected chi connectivity index (χ2v) is 10.8. The van der Waals surface area contributed by atoms with E-state index in [1.165, 1.54) is 5.56 Å². The van der Waals surface area contributed by atoms with Gasteiger partial charge in [-0.25, -0.2) is 4.79 Å². The van der Waals surface area contributed by atoms with Gasteiger partial charge in [0.2, 0.25) is 11.8 Å². The minimum Gasteiger partial charge on any atom is -0.382 e. The Morgan fingerprint density at radius 2 is 1.43 bits per heavy atom. The Balaban J connectivity index is 1.48. The zero-order chi connectivity index (χ0) is 33.2. The number of hydrogen-bond acceptors (Lipinski definition) is 9. The number of methoxy groups -OCH3 is 1. The molecule has 0 fully saturated rings. The molecule has 12 heteroatoms. The fourth-order valence-corrected chi connectivity index (χ4v) is 4.43. The summed E-state index contributed by atoms with van der Waals surface area (Å²) in [5.41, 5.74) is 11.4. The molecule has 0 bridgehead atoms. The van der Waals surface area contributed by atoms with E-state index in [9.17, 15) is 19.2 Å². The van der Waals surface area contributed by atoms with Crippen molar-refractivity contribution in [3.8, 4) is 0 Å². The minimum atomic E-state index is -0.743. The predicted octanol–water partition coefficient (Wildman–Crippen LogP) is 2.17. The Kier molecular flexibility index (Phi) is 20.3. The van der Waals surface area contributed by atoms with Gasteiger partial charge >= 0.3 is 5.97 Å². The Hall–Kier alpha value is -3.84. The maximum atomic E-state index is 12.3. The van der Waals surface area contributed by atoms with Crippen LogP contribution in [-0.2, 0) is 57.5 Å². The van der Waals surface area contributed by atoms with Gasteiger partial charge in [0, 0.05) is 20.2 Å². The molecule has 0 radical (unpaired) electrons. The molecule has 0 aromatic heterocycles. The van der Waals surface area contributed by atoms with E-state index < -0.39 is 17.9 Å². The summed E-state index contributed by atoms with van der Waals surface area (Å²) in [5, 5.41) is 5.35. The highest BCUT2D eigenvalue weighted by Gasteiger charge is 2.14. The highest BCUT2D eigenvalue weighted by Crippen LogP contribution is 2.12.